The average Bonchev–Trinajstić information content (AvgIpc) is 2.49. The molecular weight excluding hydrogens is 269 g/mol. The predicted molar refractivity (Wildman–Crippen MR) is 80.5 cm³/mol. The quantitative estimate of drug-likeness (QED) is 0.887. The van der Waals surface area contributed by atoms with E-state index in [0.717, 1.165) is 11.1 Å². The van der Waals surface area contributed by atoms with Crippen molar-refractivity contribution in [1.29, 1.82) is 0 Å². The molecule has 0 saturated heterocycles. The fourth-order valence-corrected chi connectivity index (χ4v) is 2.35. The highest BCUT2D eigenvalue weighted by molar-refractivity contribution is 5.31. The van der Waals surface area contributed by atoms with Crippen molar-refractivity contribution in [2.75, 3.05) is 20.7 Å². The zero-order chi connectivity index (χ0) is 15.2. The Hall–Kier alpha value is -1.98. The summed E-state index contributed by atoms with van der Waals surface area (Å²) in [6, 6.07) is 8.80. The first-order valence-electron chi connectivity index (χ1n) is 6.78. The molecule has 1 aromatic carbocycles. The van der Waals surface area contributed by atoms with E-state index in [4.69, 9.17) is 10.5 Å². The van der Waals surface area contributed by atoms with Gasteiger partial charge in [0.25, 0.3) is 0 Å². The van der Waals surface area contributed by atoms with E-state index in [1.54, 1.807) is 12.3 Å². The van der Waals surface area contributed by atoms with Crippen LogP contribution in [0.3, 0.4) is 0 Å². The predicted octanol–water partition coefficient (Wildman–Crippen LogP) is 2.36. The molecule has 0 aliphatic heterocycles. The van der Waals surface area contributed by atoms with E-state index < -0.39 is 0 Å². The second-order valence-corrected chi connectivity index (χ2v) is 4.92. The maximum atomic E-state index is 13.8. The molecule has 2 rings (SSSR count). The lowest BCUT2D eigenvalue weighted by Crippen LogP contribution is -2.30. The Morgan fingerprint density at radius 2 is 2.19 bits per heavy atom. The number of hydrogen-bond donors (Lipinski definition) is 1. The van der Waals surface area contributed by atoms with Crippen LogP contribution in [0.2, 0.25) is 0 Å². The second kappa shape index (κ2) is 7.15. The molecule has 1 unspecified atom stereocenters. The second-order valence-electron chi connectivity index (χ2n) is 4.92. The molecule has 0 radical (unpaired) electrons. The van der Waals surface area contributed by atoms with Crippen molar-refractivity contribution in [2.45, 2.75) is 12.6 Å². The molecule has 0 fully saturated rings. The van der Waals surface area contributed by atoms with Crippen LogP contribution >= 0.6 is 0 Å². The highest BCUT2D eigenvalue weighted by atomic mass is 19.1. The highest BCUT2D eigenvalue weighted by Crippen LogP contribution is 2.25. The molecule has 0 bridgehead atoms. The summed E-state index contributed by atoms with van der Waals surface area (Å²) < 4.78 is 18.8. The van der Waals surface area contributed by atoms with Crippen molar-refractivity contribution < 1.29 is 9.13 Å². The number of halogens is 1. The molecule has 2 aromatic rings. The summed E-state index contributed by atoms with van der Waals surface area (Å²) in [7, 11) is 3.42. The van der Waals surface area contributed by atoms with E-state index in [9.17, 15) is 4.39 Å². The summed E-state index contributed by atoms with van der Waals surface area (Å²) in [6.45, 7) is 1.10. The zero-order valence-corrected chi connectivity index (χ0v) is 12.3. The van der Waals surface area contributed by atoms with Crippen molar-refractivity contribution in [2.24, 2.45) is 5.73 Å². The third-order valence-electron chi connectivity index (χ3n) is 3.47. The van der Waals surface area contributed by atoms with Gasteiger partial charge in [0.2, 0.25) is 0 Å². The molecule has 21 heavy (non-hydrogen) atoms. The standard InChI is InChI=1S/C16H20FN3O/c1-20(11-12-4-3-7-19-10-12)15(9-18)13-5-6-16(21-2)14(17)8-13/h3-8,10,15H,9,11,18H2,1-2H3. The van der Waals surface area contributed by atoms with E-state index >= 15 is 0 Å². The summed E-state index contributed by atoms with van der Waals surface area (Å²) in [5.74, 6) is -0.132. The fourth-order valence-electron chi connectivity index (χ4n) is 2.35. The minimum absolute atomic E-state index is 0.0642. The van der Waals surface area contributed by atoms with Crippen LogP contribution in [0.4, 0.5) is 4.39 Å². The first-order chi connectivity index (χ1) is 10.2. The summed E-state index contributed by atoms with van der Waals surface area (Å²) >= 11 is 0. The first-order valence-corrected chi connectivity index (χ1v) is 6.78. The number of nitrogens with zero attached hydrogens (tertiary/aromatic N) is 2. The maximum absolute atomic E-state index is 13.8. The van der Waals surface area contributed by atoms with Crippen LogP contribution in [0.1, 0.15) is 17.2 Å². The third kappa shape index (κ3) is 3.77. The van der Waals surface area contributed by atoms with E-state index in [1.165, 1.54) is 13.2 Å². The SMILES string of the molecule is COc1ccc(C(CN)N(C)Cc2cccnc2)cc1F. The molecule has 0 saturated carbocycles. The lowest BCUT2D eigenvalue weighted by molar-refractivity contribution is 0.240. The summed E-state index contributed by atoms with van der Waals surface area (Å²) in [4.78, 5) is 6.18. The van der Waals surface area contributed by atoms with Gasteiger partial charge in [0.15, 0.2) is 11.6 Å². The van der Waals surface area contributed by atoms with Crippen LogP contribution in [-0.4, -0.2) is 30.6 Å². The molecule has 5 heteroatoms. The van der Waals surface area contributed by atoms with E-state index in [-0.39, 0.29) is 17.6 Å². The normalized spacial score (nSPS) is 12.4. The number of hydrogen-bond acceptors (Lipinski definition) is 4. The van der Waals surface area contributed by atoms with Crippen LogP contribution in [-0.2, 0) is 6.54 Å². The molecule has 1 atom stereocenters. The molecule has 1 aromatic heterocycles. The van der Waals surface area contributed by atoms with E-state index in [1.807, 2.05) is 31.4 Å². The first kappa shape index (κ1) is 15.4. The average molecular weight is 289 g/mol. The number of nitrogens with two attached hydrogens (primary N) is 1. The number of methoxy groups -OCH3 is 1. The van der Waals surface area contributed by atoms with Crippen molar-refractivity contribution in [3.05, 3.63) is 59.7 Å². The van der Waals surface area contributed by atoms with Crippen LogP contribution in [0.25, 0.3) is 0 Å². The number of benzene rings is 1. The Kier molecular flexibility index (Phi) is 5.25. The Balaban J connectivity index is 2.16. The monoisotopic (exact) mass is 289 g/mol. The third-order valence-corrected chi connectivity index (χ3v) is 3.47. The van der Waals surface area contributed by atoms with Crippen molar-refractivity contribution in [3.8, 4) is 5.75 Å². The van der Waals surface area contributed by atoms with Gasteiger partial charge in [-0.25, -0.2) is 4.39 Å². The fraction of sp³-hybridized carbons (Fsp3) is 0.312. The van der Waals surface area contributed by atoms with Gasteiger partial charge in [-0.05, 0) is 36.4 Å². The highest BCUT2D eigenvalue weighted by Gasteiger charge is 2.17. The van der Waals surface area contributed by atoms with Gasteiger partial charge in [0, 0.05) is 31.5 Å². The van der Waals surface area contributed by atoms with Gasteiger partial charge in [-0.2, -0.15) is 0 Å². The van der Waals surface area contributed by atoms with Crippen molar-refractivity contribution in [3.63, 3.8) is 0 Å². The Bertz CT molecular complexity index is 577. The zero-order valence-electron chi connectivity index (χ0n) is 12.3. The summed E-state index contributed by atoms with van der Waals surface area (Å²) in [6.07, 6.45) is 3.56. The van der Waals surface area contributed by atoms with Gasteiger partial charge < -0.3 is 10.5 Å². The van der Waals surface area contributed by atoms with Crippen LogP contribution < -0.4 is 10.5 Å². The smallest absolute Gasteiger partial charge is 0.165 e. The number of likely N-dealkylation sites (N-methyl/N-ethyl adjacent to an activating group) is 1. The molecule has 0 aliphatic rings. The van der Waals surface area contributed by atoms with Crippen LogP contribution in [0, 0.1) is 5.82 Å². The van der Waals surface area contributed by atoms with Gasteiger partial charge in [0.1, 0.15) is 0 Å². The summed E-state index contributed by atoms with van der Waals surface area (Å²) in [5, 5.41) is 0. The lowest BCUT2D eigenvalue weighted by Gasteiger charge is -2.27. The van der Waals surface area contributed by atoms with E-state index in [2.05, 4.69) is 9.88 Å². The molecule has 0 amide bonds. The van der Waals surface area contributed by atoms with Gasteiger partial charge in [-0.15, -0.1) is 0 Å². The Labute approximate surface area is 124 Å². The maximum Gasteiger partial charge on any atom is 0.165 e. The Morgan fingerprint density at radius 1 is 1.38 bits per heavy atom. The topological polar surface area (TPSA) is 51.4 Å². The molecule has 112 valence electrons. The van der Waals surface area contributed by atoms with Gasteiger partial charge in [0.05, 0.1) is 7.11 Å². The number of pyridine rings is 1. The number of ether oxygens (including phenoxy) is 1. The van der Waals surface area contributed by atoms with Gasteiger partial charge in [-0.1, -0.05) is 12.1 Å². The number of rotatable bonds is 6. The molecule has 1 heterocycles. The molecule has 0 aliphatic carbocycles. The van der Waals surface area contributed by atoms with Crippen LogP contribution in [0.15, 0.2) is 42.7 Å². The molecule has 2 N–H and O–H groups in total. The number of aromatic nitrogens is 1. The minimum Gasteiger partial charge on any atom is -0.494 e. The van der Waals surface area contributed by atoms with E-state index in [0.29, 0.717) is 13.1 Å². The summed E-state index contributed by atoms with van der Waals surface area (Å²) in [5.41, 5.74) is 7.79. The molecular formula is C16H20FN3O. The largest absolute Gasteiger partial charge is 0.494 e. The lowest BCUT2D eigenvalue weighted by atomic mass is 10.0. The van der Waals surface area contributed by atoms with Gasteiger partial charge in [-0.3, -0.25) is 9.88 Å². The van der Waals surface area contributed by atoms with Crippen LogP contribution in [0.5, 0.6) is 5.75 Å². The van der Waals surface area contributed by atoms with Crippen molar-refractivity contribution >= 4 is 0 Å². The molecule has 0 spiro atoms. The Morgan fingerprint density at radius 3 is 2.76 bits per heavy atom. The minimum atomic E-state index is -0.372. The van der Waals surface area contributed by atoms with Gasteiger partial charge >= 0.3 is 0 Å². The van der Waals surface area contributed by atoms with Crippen molar-refractivity contribution in [1.82, 2.24) is 9.88 Å². The molecule has 4 nitrogen and oxygen atoms in total.